The molecule has 2 aromatic carbocycles. The number of sulfonamides is 1. The van der Waals surface area contributed by atoms with Crippen molar-refractivity contribution in [3.05, 3.63) is 71.9 Å². The van der Waals surface area contributed by atoms with Crippen molar-refractivity contribution in [3.8, 4) is 5.75 Å². The van der Waals surface area contributed by atoms with E-state index in [9.17, 15) is 28.2 Å². The van der Waals surface area contributed by atoms with Crippen LogP contribution in [0.25, 0.3) is 0 Å². The quantitative estimate of drug-likeness (QED) is 0.403. The monoisotopic (exact) mass is 495 g/mol. The number of anilines is 1. The van der Waals surface area contributed by atoms with Crippen LogP contribution < -0.4 is 4.72 Å². The van der Waals surface area contributed by atoms with Crippen molar-refractivity contribution in [2.75, 3.05) is 17.8 Å². The lowest BCUT2D eigenvalue weighted by Crippen LogP contribution is -2.42. The van der Waals surface area contributed by atoms with Crippen LogP contribution in [-0.2, 0) is 21.2 Å². The third-order valence-electron chi connectivity index (χ3n) is 5.29. The van der Waals surface area contributed by atoms with E-state index in [-0.39, 0.29) is 34.3 Å². The number of amides is 1. The van der Waals surface area contributed by atoms with Crippen molar-refractivity contribution in [1.82, 2.24) is 9.88 Å². The van der Waals surface area contributed by atoms with Gasteiger partial charge in [-0.05, 0) is 55.0 Å². The van der Waals surface area contributed by atoms with Gasteiger partial charge in [0.05, 0.1) is 22.7 Å². The summed E-state index contributed by atoms with van der Waals surface area (Å²) in [6.07, 6.45) is 2.21. The van der Waals surface area contributed by atoms with Gasteiger partial charge in [0.25, 0.3) is 10.0 Å². The van der Waals surface area contributed by atoms with Crippen molar-refractivity contribution in [1.29, 1.82) is 0 Å². The lowest BCUT2D eigenvalue weighted by atomic mass is 10.0. The minimum Gasteiger partial charge on any atom is -0.507 e. The van der Waals surface area contributed by atoms with Crippen molar-refractivity contribution in [3.63, 3.8) is 0 Å². The second-order valence-electron chi connectivity index (χ2n) is 7.73. The van der Waals surface area contributed by atoms with Crippen molar-refractivity contribution < 1.29 is 28.2 Å². The molecule has 0 bridgehead atoms. The number of hydrogen-bond acceptors (Lipinski definition) is 8. The zero-order valence-corrected chi connectivity index (χ0v) is 19.1. The SMILES string of the molecule is O=C(O)c1cc(N=Nc2ccc(S(=O)(=O)Nc3ccccn3)cc2)cc(CC(=O)N2CCC2)c1O. The summed E-state index contributed by atoms with van der Waals surface area (Å²) in [6, 6.07) is 12.9. The van der Waals surface area contributed by atoms with Crippen LogP contribution >= 0.6 is 0 Å². The molecule has 0 radical (unpaired) electrons. The highest BCUT2D eigenvalue weighted by Crippen LogP contribution is 2.31. The molecule has 35 heavy (non-hydrogen) atoms. The van der Waals surface area contributed by atoms with E-state index in [4.69, 9.17) is 0 Å². The van der Waals surface area contributed by atoms with Crippen LogP contribution in [0.4, 0.5) is 17.2 Å². The maximum atomic E-state index is 12.5. The standard InChI is InChI=1S/C23H21N5O6S/c29-21(28-10-3-11-28)13-15-12-17(14-19(22(15)30)23(31)32)26-25-16-5-7-18(8-6-16)35(33,34)27-20-4-1-2-9-24-20/h1-2,4-9,12,14,30H,3,10-11,13H2,(H,24,27)(H,31,32). The summed E-state index contributed by atoms with van der Waals surface area (Å²) >= 11 is 0. The van der Waals surface area contributed by atoms with E-state index in [1.54, 1.807) is 17.0 Å². The molecule has 11 nitrogen and oxygen atoms in total. The topological polar surface area (TPSA) is 162 Å². The van der Waals surface area contributed by atoms with E-state index in [0.717, 1.165) is 12.5 Å². The number of aromatic hydroxyl groups is 1. The molecule has 1 saturated heterocycles. The van der Waals surface area contributed by atoms with E-state index < -0.39 is 27.3 Å². The molecule has 0 saturated carbocycles. The van der Waals surface area contributed by atoms with Gasteiger partial charge in [0.2, 0.25) is 5.91 Å². The van der Waals surface area contributed by atoms with E-state index in [0.29, 0.717) is 18.8 Å². The Kier molecular flexibility index (Phi) is 6.73. The smallest absolute Gasteiger partial charge is 0.339 e. The zero-order chi connectivity index (χ0) is 25.0. The predicted molar refractivity (Wildman–Crippen MR) is 126 cm³/mol. The molecule has 1 aliphatic rings. The van der Waals surface area contributed by atoms with Gasteiger partial charge < -0.3 is 15.1 Å². The van der Waals surface area contributed by atoms with Gasteiger partial charge in [0.1, 0.15) is 17.1 Å². The summed E-state index contributed by atoms with van der Waals surface area (Å²) in [5.74, 6) is -1.89. The van der Waals surface area contributed by atoms with Gasteiger partial charge in [-0.1, -0.05) is 6.07 Å². The molecule has 0 atom stereocenters. The van der Waals surface area contributed by atoms with Crippen molar-refractivity contribution in [2.24, 2.45) is 10.2 Å². The van der Waals surface area contributed by atoms with Crippen LogP contribution in [-0.4, -0.2) is 53.5 Å². The number of hydrogen-bond donors (Lipinski definition) is 3. The third kappa shape index (κ3) is 5.61. The Bertz CT molecular complexity index is 1390. The fourth-order valence-electron chi connectivity index (χ4n) is 3.30. The molecule has 180 valence electrons. The van der Waals surface area contributed by atoms with Crippen LogP contribution in [0.3, 0.4) is 0 Å². The molecule has 12 heteroatoms. The van der Waals surface area contributed by atoms with Crippen LogP contribution in [0.5, 0.6) is 5.75 Å². The number of aromatic carboxylic acids is 1. The van der Waals surface area contributed by atoms with Gasteiger partial charge in [-0.15, -0.1) is 0 Å². The summed E-state index contributed by atoms with van der Waals surface area (Å²) in [5, 5.41) is 27.8. The van der Waals surface area contributed by atoms with Crippen LogP contribution in [0.1, 0.15) is 22.3 Å². The van der Waals surface area contributed by atoms with Crippen molar-refractivity contribution >= 4 is 39.1 Å². The average Bonchev–Trinajstić information content (AvgIpc) is 2.78. The Morgan fingerprint density at radius 3 is 2.34 bits per heavy atom. The second-order valence-corrected chi connectivity index (χ2v) is 9.41. The number of pyridine rings is 1. The number of aromatic nitrogens is 1. The minimum atomic E-state index is -3.85. The molecular weight excluding hydrogens is 474 g/mol. The van der Waals surface area contributed by atoms with Crippen LogP contribution in [0, 0.1) is 0 Å². The first-order valence-electron chi connectivity index (χ1n) is 10.6. The Morgan fingerprint density at radius 1 is 1.03 bits per heavy atom. The number of carboxylic acids is 1. The molecule has 1 fully saturated rings. The fourth-order valence-corrected chi connectivity index (χ4v) is 4.31. The molecule has 0 spiro atoms. The number of carbonyl (C=O) groups excluding carboxylic acids is 1. The van der Waals surface area contributed by atoms with Crippen LogP contribution in [0.15, 0.2) is 75.9 Å². The Hall–Kier alpha value is -4.32. The van der Waals surface area contributed by atoms with Gasteiger partial charge in [0.15, 0.2) is 0 Å². The predicted octanol–water partition coefficient (Wildman–Crippen LogP) is 3.48. The molecule has 0 unspecified atom stereocenters. The van der Waals surface area contributed by atoms with E-state index in [2.05, 4.69) is 19.9 Å². The number of nitrogens with one attached hydrogen (secondary N) is 1. The zero-order valence-electron chi connectivity index (χ0n) is 18.3. The normalized spacial score (nSPS) is 13.4. The second kappa shape index (κ2) is 9.89. The summed E-state index contributed by atoms with van der Waals surface area (Å²) in [5.41, 5.74) is 0.178. The molecular formula is C23H21N5O6S. The molecule has 1 aliphatic heterocycles. The first-order chi connectivity index (χ1) is 16.7. The maximum absolute atomic E-state index is 12.5. The van der Waals surface area contributed by atoms with E-state index in [1.165, 1.54) is 42.6 Å². The highest BCUT2D eigenvalue weighted by Gasteiger charge is 2.23. The number of likely N-dealkylation sites (tertiary alicyclic amines) is 1. The van der Waals surface area contributed by atoms with Gasteiger partial charge in [-0.25, -0.2) is 18.2 Å². The number of carboxylic acid groups (broad SMARTS) is 1. The first kappa shape index (κ1) is 23.8. The maximum Gasteiger partial charge on any atom is 0.339 e. The first-order valence-corrected chi connectivity index (χ1v) is 12.0. The number of rotatable bonds is 8. The number of azo groups is 1. The van der Waals surface area contributed by atoms with E-state index >= 15 is 0 Å². The summed E-state index contributed by atoms with van der Waals surface area (Å²) in [4.78, 5) is 29.4. The molecule has 3 aromatic rings. The molecule has 1 aromatic heterocycles. The van der Waals surface area contributed by atoms with Gasteiger partial charge in [-0.2, -0.15) is 10.2 Å². The fraction of sp³-hybridized carbons (Fsp3) is 0.174. The lowest BCUT2D eigenvalue weighted by Gasteiger charge is -2.31. The molecule has 4 rings (SSSR count). The van der Waals surface area contributed by atoms with Gasteiger partial charge >= 0.3 is 5.97 Å². The van der Waals surface area contributed by atoms with Crippen LogP contribution in [0.2, 0.25) is 0 Å². The molecule has 3 N–H and O–H groups in total. The van der Waals surface area contributed by atoms with Gasteiger partial charge in [-0.3, -0.25) is 9.52 Å². The van der Waals surface area contributed by atoms with Gasteiger partial charge in [0, 0.05) is 24.8 Å². The number of phenols is 1. The van der Waals surface area contributed by atoms with E-state index in [1.807, 2.05) is 0 Å². The van der Waals surface area contributed by atoms with Crippen molar-refractivity contribution in [2.45, 2.75) is 17.7 Å². The lowest BCUT2D eigenvalue weighted by molar-refractivity contribution is -0.133. The highest BCUT2D eigenvalue weighted by atomic mass is 32.2. The Balaban J connectivity index is 1.53. The minimum absolute atomic E-state index is 0.00769. The molecule has 0 aliphatic carbocycles. The third-order valence-corrected chi connectivity index (χ3v) is 6.66. The molecule has 1 amide bonds. The summed E-state index contributed by atoms with van der Waals surface area (Å²) in [7, 11) is -3.85. The average molecular weight is 496 g/mol. The Morgan fingerprint density at radius 2 is 1.74 bits per heavy atom. The number of benzene rings is 2. The summed E-state index contributed by atoms with van der Waals surface area (Å²) in [6.45, 7) is 1.27. The Labute approximate surface area is 200 Å². The summed E-state index contributed by atoms with van der Waals surface area (Å²) < 4.78 is 27.4. The largest absolute Gasteiger partial charge is 0.507 e. The molecule has 2 heterocycles. The number of nitrogens with zero attached hydrogens (tertiary/aromatic N) is 4. The number of carbonyl (C=O) groups is 2. The highest BCUT2D eigenvalue weighted by molar-refractivity contribution is 7.92.